The summed E-state index contributed by atoms with van der Waals surface area (Å²) in [5.74, 6) is -1.77. The lowest BCUT2D eigenvalue weighted by atomic mass is 9.80. The van der Waals surface area contributed by atoms with E-state index in [0.717, 1.165) is 0 Å². The van der Waals surface area contributed by atoms with Gasteiger partial charge in [-0.2, -0.15) is 0 Å². The molecule has 1 aliphatic carbocycles. The van der Waals surface area contributed by atoms with Crippen LogP contribution in [0.25, 0.3) is 11.3 Å². The number of hydrogen-bond acceptors (Lipinski definition) is 6. The molecular weight excluding hydrogens is 350 g/mol. The zero-order chi connectivity index (χ0) is 19.6. The van der Waals surface area contributed by atoms with Crippen molar-refractivity contribution >= 4 is 23.9 Å². The summed E-state index contributed by atoms with van der Waals surface area (Å²) in [5.41, 5.74) is 1.74. The first-order chi connectivity index (χ1) is 13.0. The van der Waals surface area contributed by atoms with E-state index in [1.807, 2.05) is 0 Å². The molecule has 0 unspecified atom stereocenters. The van der Waals surface area contributed by atoms with E-state index in [4.69, 9.17) is 14.3 Å². The van der Waals surface area contributed by atoms with Gasteiger partial charge < -0.3 is 14.3 Å². The summed E-state index contributed by atoms with van der Waals surface area (Å²) in [6.45, 7) is 3.59. The number of carboxylic acid groups (broad SMARTS) is 1. The molecule has 1 aliphatic rings. The van der Waals surface area contributed by atoms with Gasteiger partial charge in [-0.15, -0.1) is 0 Å². The minimum Gasteiger partial charge on any atom is -0.481 e. The number of rotatable bonds is 6. The number of ketones is 1. The predicted octanol–water partition coefficient (Wildman–Crippen LogP) is 3.26. The molecule has 7 nitrogen and oxygen atoms in total. The van der Waals surface area contributed by atoms with Crippen molar-refractivity contribution in [1.82, 2.24) is 0 Å². The van der Waals surface area contributed by atoms with Crippen LogP contribution in [0, 0.1) is 6.92 Å². The molecule has 0 saturated carbocycles. The molecule has 140 valence electrons. The summed E-state index contributed by atoms with van der Waals surface area (Å²) < 4.78 is 11.0. The van der Waals surface area contributed by atoms with Crippen LogP contribution in [0.3, 0.4) is 0 Å². The Morgan fingerprint density at radius 3 is 2.67 bits per heavy atom. The number of aliphatic imine (C=N–C) groups is 1. The number of aliphatic carboxylic acids is 1. The van der Waals surface area contributed by atoms with Gasteiger partial charge in [0.1, 0.15) is 17.1 Å². The number of Topliss-reactive ketones (excluding diaryl/α,β-unsaturated/α-hetero) is 1. The van der Waals surface area contributed by atoms with Crippen LogP contribution in [0.1, 0.15) is 51.3 Å². The van der Waals surface area contributed by atoms with E-state index in [-0.39, 0.29) is 30.9 Å². The highest BCUT2D eigenvalue weighted by Gasteiger charge is 2.39. The van der Waals surface area contributed by atoms with Crippen LogP contribution in [0.5, 0.6) is 0 Å². The minimum absolute atomic E-state index is 0.0433. The van der Waals surface area contributed by atoms with E-state index in [1.165, 1.54) is 6.21 Å². The highest BCUT2D eigenvalue weighted by molar-refractivity contribution is 6.18. The van der Waals surface area contributed by atoms with Crippen LogP contribution in [-0.2, 0) is 9.53 Å². The number of carbonyl (C=O) groups excluding carboxylic acids is 2. The lowest BCUT2D eigenvalue weighted by Gasteiger charge is -2.21. The number of esters is 1. The Balaban J connectivity index is 2.13. The summed E-state index contributed by atoms with van der Waals surface area (Å²) in [6.07, 6.45) is 1.26. The molecule has 1 atom stereocenters. The van der Waals surface area contributed by atoms with Gasteiger partial charge in [0.2, 0.25) is 0 Å². The van der Waals surface area contributed by atoms with Crippen molar-refractivity contribution in [3.05, 3.63) is 46.7 Å². The van der Waals surface area contributed by atoms with Gasteiger partial charge in [0.25, 0.3) is 0 Å². The van der Waals surface area contributed by atoms with Gasteiger partial charge in [0.05, 0.1) is 18.9 Å². The second kappa shape index (κ2) is 7.57. The Labute approximate surface area is 155 Å². The molecule has 0 bridgehead atoms. The van der Waals surface area contributed by atoms with E-state index in [9.17, 15) is 14.4 Å². The monoisotopic (exact) mass is 369 g/mol. The number of ether oxygens (including phenoxy) is 1. The molecule has 1 N–H and O–H groups in total. The van der Waals surface area contributed by atoms with Crippen molar-refractivity contribution in [2.45, 2.75) is 26.2 Å². The minimum atomic E-state index is -0.973. The molecule has 7 heteroatoms. The molecule has 1 aromatic carbocycles. The van der Waals surface area contributed by atoms with Crippen molar-refractivity contribution in [2.24, 2.45) is 4.99 Å². The third kappa shape index (κ3) is 3.40. The summed E-state index contributed by atoms with van der Waals surface area (Å²) in [7, 11) is 0. The molecule has 27 heavy (non-hydrogen) atoms. The first kappa shape index (κ1) is 18.6. The topological polar surface area (TPSA) is 106 Å². The maximum atomic E-state index is 13.0. The molecule has 0 fully saturated rings. The van der Waals surface area contributed by atoms with Gasteiger partial charge in [-0.1, -0.05) is 24.3 Å². The molecule has 3 rings (SSSR count). The second-order valence-corrected chi connectivity index (χ2v) is 6.08. The molecule has 0 amide bonds. The van der Waals surface area contributed by atoms with E-state index >= 15 is 0 Å². The molecule has 0 spiro atoms. The van der Waals surface area contributed by atoms with Crippen molar-refractivity contribution in [3.63, 3.8) is 0 Å². The molecule has 0 radical (unpaired) electrons. The van der Waals surface area contributed by atoms with E-state index in [0.29, 0.717) is 28.2 Å². The van der Waals surface area contributed by atoms with Gasteiger partial charge in [-0.25, -0.2) is 4.79 Å². The van der Waals surface area contributed by atoms with E-state index < -0.39 is 17.9 Å². The lowest BCUT2D eigenvalue weighted by molar-refractivity contribution is -0.136. The SMILES string of the molecule is CCOC(=O)c1c(C)oc2c1[C@@H](C=NCCC(=O)O)C(=O)c1ccccc1-2. The van der Waals surface area contributed by atoms with Gasteiger partial charge in [-0.3, -0.25) is 14.6 Å². The van der Waals surface area contributed by atoms with Crippen LogP contribution in [0.2, 0.25) is 0 Å². The normalized spacial score (nSPS) is 15.5. The average molecular weight is 369 g/mol. The Bertz CT molecular complexity index is 940. The van der Waals surface area contributed by atoms with Gasteiger partial charge in [0.15, 0.2) is 5.78 Å². The van der Waals surface area contributed by atoms with Gasteiger partial charge >= 0.3 is 11.9 Å². The number of benzene rings is 1. The fourth-order valence-electron chi connectivity index (χ4n) is 3.19. The summed E-state index contributed by atoms with van der Waals surface area (Å²) in [5, 5.41) is 8.75. The standard InChI is InChI=1S/C20H19NO6/c1-3-26-20(25)16-11(2)27-19-13-7-5-4-6-12(13)18(24)14(17(16)19)10-21-9-8-15(22)23/h4-7,10,14H,3,8-9H2,1-2H3,(H,22,23)/t14-/m1/s1. The zero-order valence-corrected chi connectivity index (χ0v) is 15.0. The van der Waals surface area contributed by atoms with Gasteiger partial charge in [0, 0.05) is 29.4 Å². The van der Waals surface area contributed by atoms with Crippen molar-refractivity contribution in [3.8, 4) is 11.3 Å². The van der Waals surface area contributed by atoms with Crippen LogP contribution in [0.4, 0.5) is 0 Å². The van der Waals surface area contributed by atoms with Gasteiger partial charge in [-0.05, 0) is 13.8 Å². The maximum Gasteiger partial charge on any atom is 0.342 e. The number of nitrogens with zero attached hydrogens (tertiary/aromatic N) is 1. The number of fused-ring (bicyclic) bond motifs is 3. The average Bonchev–Trinajstić information content (AvgIpc) is 2.98. The zero-order valence-electron chi connectivity index (χ0n) is 15.0. The number of aryl methyl sites for hydroxylation is 1. The molecule has 1 aromatic heterocycles. The first-order valence-electron chi connectivity index (χ1n) is 8.61. The fraction of sp³-hybridized carbons (Fsp3) is 0.300. The lowest BCUT2D eigenvalue weighted by Crippen LogP contribution is -2.22. The molecule has 0 aliphatic heterocycles. The van der Waals surface area contributed by atoms with Crippen LogP contribution in [0.15, 0.2) is 33.7 Å². The number of furan rings is 1. The van der Waals surface area contributed by atoms with Crippen molar-refractivity contribution in [1.29, 1.82) is 0 Å². The fourth-order valence-corrected chi connectivity index (χ4v) is 3.19. The smallest absolute Gasteiger partial charge is 0.342 e. The molecule has 2 aromatic rings. The highest BCUT2D eigenvalue weighted by Crippen LogP contribution is 2.43. The maximum absolute atomic E-state index is 13.0. The number of hydrogen-bond donors (Lipinski definition) is 1. The van der Waals surface area contributed by atoms with Crippen LogP contribution >= 0.6 is 0 Å². The number of carboxylic acids is 1. The summed E-state index contributed by atoms with van der Waals surface area (Å²) in [6, 6.07) is 7.00. The summed E-state index contributed by atoms with van der Waals surface area (Å²) >= 11 is 0. The predicted molar refractivity (Wildman–Crippen MR) is 97.5 cm³/mol. The van der Waals surface area contributed by atoms with Crippen molar-refractivity contribution < 1.29 is 28.6 Å². The van der Waals surface area contributed by atoms with E-state index in [1.54, 1.807) is 38.1 Å². The Morgan fingerprint density at radius 2 is 2.00 bits per heavy atom. The molecular formula is C20H19NO6. The first-order valence-corrected chi connectivity index (χ1v) is 8.61. The highest BCUT2D eigenvalue weighted by atomic mass is 16.5. The summed E-state index contributed by atoms with van der Waals surface area (Å²) in [4.78, 5) is 40.3. The third-order valence-corrected chi connectivity index (χ3v) is 4.34. The Kier molecular flexibility index (Phi) is 5.21. The quantitative estimate of drug-likeness (QED) is 0.619. The number of carbonyl (C=O) groups is 3. The molecule has 1 heterocycles. The Hall–Kier alpha value is -3.22. The third-order valence-electron chi connectivity index (χ3n) is 4.34. The van der Waals surface area contributed by atoms with Crippen LogP contribution < -0.4 is 0 Å². The molecule has 0 saturated heterocycles. The van der Waals surface area contributed by atoms with Crippen molar-refractivity contribution in [2.75, 3.05) is 13.2 Å². The second-order valence-electron chi connectivity index (χ2n) is 6.08. The van der Waals surface area contributed by atoms with E-state index in [2.05, 4.69) is 4.99 Å². The largest absolute Gasteiger partial charge is 0.481 e. The Morgan fingerprint density at radius 1 is 1.30 bits per heavy atom. The van der Waals surface area contributed by atoms with Crippen LogP contribution in [-0.4, -0.2) is 42.2 Å².